The Morgan fingerprint density at radius 1 is 0.488 bits per heavy atom. The number of Topliss-reactive ketones (excluding diaryl/α,β-unsaturated/α-hetero) is 3. The third kappa shape index (κ3) is 14.9. The van der Waals surface area contributed by atoms with Gasteiger partial charge in [0.1, 0.15) is 30.5 Å². The van der Waals surface area contributed by atoms with E-state index in [0.29, 0.717) is 82.0 Å². The van der Waals surface area contributed by atoms with Gasteiger partial charge in [0.15, 0.2) is 17.3 Å². The fraction of sp³-hybridized carbons (Fsp3) is 0.246. The summed E-state index contributed by atoms with van der Waals surface area (Å²) in [5.74, 6) is -2.99. The van der Waals surface area contributed by atoms with Crippen molar-refractivity contribution in [2.75, 3.05) is 5.73 Å². The van der Waals surface area contributed by atoms with Crippen LogP contribution in [0.1, 0.15) is 115 Å². The molecule has 0 aliphatic heterocycles. The molecule has 2 aliphatic rings. The van der Waals surface area contributed by atoms with Gasteiger partial charge in [-0.15, -0.1) is 0 Å². The Labute approximate surface area is 459 Å². The summed E-state index contributed by atoms with van der Waals surface area (Å²) in [6.45, 7) is 0.318. The maximum Gasteiger partial charge on any atom is 0.416 e. The van der Waals surface area contributed by atoms with Crippen molar-refractivity contribution in [2.45, 2.75) is 82.9 Å². The summed E-state index contributed by atoms with van der Waals surface area (Å²) in [7, 11) is 0. The summed E-state index contributed by atoms with van der Waals surface area (Å²) in [5.41, 5.74) is 4.66. The zero-order valence-corrected chi connectivity index (χ0v) is 42.7. The van der Waals surface area contributed by atoms with Gasteiger partial charge < -0.3 is 20.3 Å². The number of hydrogen-bond donors (Lipinski definition) is 2. The number of rotatable bonds is 14. The fourth-order valence-electron chi connectivity index (χ4n) is 9.67. The van der Waals surface area contributed by atoms with Crippen molar-refractivity contribution in [3.63, 3.8) is 0 Å². The molecule has 0 spiro atoms. The monoisotopic (exact) mass is 1150 g/mol. The first-order chi connectivity index (χ1) is 38.5. The lowest BCUT2D eigenvalue weighted by atomic mass is 9.79. The largest absolute Gasteiger partial charge is 0.489 e. The van der Waals surface area contributed by atoms with E-state index in [0.717, 1.165) is 17.2 Å². The Bertz CT molecular complexity index is 3470. The lowest BCUT2D eigenvalue weighted by molar-refractivity contribution is -0.144. The predicted octanol–water partition coefficient (Wildman–Crippen LogP) is 15.4. The summed E-state index contributed by atoms with van der Waals surface area (Å²) >= 11 is 0. The van der Waals surface area contributed by atoms with Gasteiger partial charge in [-0.2, -0.15) is 52.7 Å². The molecular formula is C61H46F13NO7. The minimum atomic E-state index is -4.96. The van der Waals surface area contributed by atoms with Gasteiger partial charge in [-0.1, -0.05) is 42.5 Å². The molecular weight excluding hydrogens is 1110 g/mol. The first-order valence-electron chi connectivity index (χ1n) is 25.1. The second-order valence-corrected chi connectivity index (χ2v) is 19.8. The van der Waals surface area contributed by atoms with Crippen molar-refractivity contribution in [1.82, 2.24) is 0 Å². The number of nitrogens with two attached hydrogens (primary N) is 1. The van der Waals surface area contributed by atoms with E-state index >= 15 is 0 Å². The van der Waals surface area contributed by atoms with Gasteiger partial charge in [0.25, 0.3) is 0 Å². The van der Waals surface area contributed by atoms with E-state index in [4.69, 9.17) is 20.3 Å². The van der Waals surface area contributed by atoms with Crippen molar-refractivity contribution in [3.05, 3.63) is 229 Å². The number of nitrogen functional groups attached to an aromatic ring is 1. The van der Waals surface area contributed by atoms with Crippen molar-refractivity contribution in [2.24, 2.45) is 11.8 Å². The third-order valence-corrected chi connectivity index (χ3v) is 14.0. The number of hydrogen-bond acceptors (Lipinski definition) is 7. The average molecular weight is 1150 g/mol. The SMILES string of the molecule is Nc1cc(F)ccc1CC(=O)c1ccc(COc2ccc3c(c2)CCC(Cc2cc(C(F)(F)F)cc(C(F)(F)F)c2)C3=O)cc1.O=C(O)c1ccc(COc2ccc3c(c2)CCC(Cc2cc(C(F)(F)F)cc(C(F)(F)F)c2)C3=O)cc1. The molecule has 21 heteroatoms. The van der Waals surface area contributed by atoms with Crippen LogP contribution in [-0.4, -0.2) is 28.4 Å². The summed E-state index contributed by atoms with van der Waals surface area (Å²) in [6.07, 6.45) is -19.0. The third-order valence-electron chi connectivity index (χ3n) is 14.0. The number of aryl methyl sites for hydroxylation is 2. The second kappa shape index (κ2) is 23.9. The van der Waals surface area contributed by atoms with Gasteiger partial charge in [0.2, 0.25) is 0 Å². The number of fused-ring (bicyclic) bond motifs is 2. The van der Waals surface area contributed by atoms with Crippen LogP contribution < -0.4 is 15.2 Å². The predicted molar refractivity (Wildman–Crippen MR) is 273 cm³/mol. The summed E-state index contributed by atoms with van der Waals surface area (Å²) in [4.78, 5) is 49.8. The zero-order chi connectivity index (χ0) is 59.5. The normalized spacial score (nSPS) is 15.4. The lowest BCUT2D eigenvalue weighted by Crippen LogP contribution is -2.25. The van der Waals surface area contributed by atoms with Crippen LogP contribution in [0.3, 0.4) is 0 Å². The van der Waals surface area contributed by atoms with Gasteiger partial charge in [-0.05, 0) is 175 Å². The quantitative estimate of drug-likeness (QED) is 0.0625. The highest BCUT2D eigenvalue weighted by molar-refractivity contribution is 6.01. The number of ether oxygens (including phenoxy) is 2. The minimum absolute atomic E-state index is 0.0190. The van der Waals surface area contributed by atoms with Crippen LogP contribution in [0.5, 0.6) is 11.5 Å². The van der Waals surface area contributed by atoms with Gasteiger partial charge >= 0.3 is 30.7 Å². The minimum Gasteiger partial charge on any atom is -0.489 e. The molecule has 0 heterocycles. The van der Waals surface area contributed by atoms with Crippen LogP contribution in [0.15, 0.2) is 140 Å². The second-order valence-electron chi connectivity index (χ2n) is 19.8. The highest BCUT2D eigenvalue weighted by Crippen LogP contribution is 2.40. The molecule has 82 heavy (non-hydrogen) atoms. The number of benzene rings is 7. The van der Waals surface area contributed by atoms with Crippen LogP contribution >= 0.6 is 0 Å². The Hall–Kier alpha value is -8.49. The lowest BCUT2D eigenvalue weighted by Gasteiger charge is -2.24. The number of alkyl halides is 12. The maximum atomic E-state index is 13.3. The molecule has 0 fully saturated rings. The van der Waals surface area contributed by atoms with Crippen LogP contribution in [0.25, 0.3) is 0 Å². The van der Waals surface area contributed by atoms with Crippen molar-refractivity contribution >= 4 is 29.0 Å². The Kier molecular flexibility index (Phi) is 17.4. The maximum absolute atomic E-state index is 13.3. The van der Waals surface area contributed by atoms with E-state index in [2.05, 4.69) is 0 Å². The Morgan fingerprint density at radius 2 is 0.878 bits per heavy atom. The molecule has 2 unspecified atom stereocenters. The number of ketones is 3. The number of anilines is 1. The molecule has 0 aromatic heterocycles. The van der Waals surface area contributed by atoms with Crippen molar-refractivity contribution < 1.29 is 90.8 Å². The molecule has 0 bridgehead atoms. The number of carbonyl (C=O) groups is 4. The van der Waals surface area contributed by atoms with Crippen molar-refractivity contribution in [3.8, 4) is 11.5 Å². The first kappa shape index (κ1) is 59.6. The molecule has 0 saturated carbocycles. The molecule has 7 aromatic rings. The van der Waals surface area contributed by atoms with Gasteiger partial charge in [0, 0.05) is 40.6 Å². The fourth-order valence-corrected chi connectivity index (χ4v) is 9.67. The summed E-state index contributed by atoms with van der Waals surface area (Å²) in [5, 5.41) is 8.96. The number of carboxylic acid groups (broad SMARTS) is 1. The molecule has 7 aromatic carbocycles. The van der Waals surface area contributed by atoms with E-state index in [1.165, 1.54) is 24.3 Å². The molecule has 428 valence electrons. The van der Waals surface area contributed by atoms with Crippen LogP contribution in [0, 0.1) is 17.7 Å². The molecule has 2 atom stereocenters. The highest BCUT2D eigenvalue weighted by Gasteiger charge is 2.40. The molecule has 0 amide bonds. The summed E-state index contributed by atoms with van der Waals surface area (Å²) < 4.78 is 184. The van der Waals surface area contributed by atoms with Crippen LogP contribution in [-0.2, 0) is 70.0 Å². The van der Waals surface area contributed by atoms with Gasteiger partial charge in [0.05, 0.1) is 27.8 Å². The highest BCUT2D eigenvalue weighted by atomic mass is 19.4. The Morgan fingerprint density at radius 3 is 1.24 bits per heavy atom. The van der Waals surface area contributed by atoms with Crippen molar-refractivity contribution in [1.29, 1.82) is 0 Å². The molecule has 0 saturated heterocycles. The topological polar surface area (TPSA) is 133 Å². The zero-order valence-electron chi connectivity index (χ0n) is 42.7. The average Bonchev–Trinajstić information content (AvgIpc) is 3.62. The number of carboxylic acids is 1. The van der Waals surface area contributed by atoms with E-state index in [1.54, 1.807) is 72.8 Å². The van der Waals surface area contributed by atoms with E-state index in [9.17, 15) is 76.3 Å². The van der Waals surface area contributed by atoms with Crippen LogP contribution in [0.2, 0.25) is 0 Å². The van der Waals surface area contributed by atoms with E-state index < -0.39 is 70.6 Å². The van der Waals surface area contributed by atoms with Gasteiger partial charge in [-0.3, -0.25) is 14.4 Å². The molecule has 9 rings (SSSR count). The van der Waals surface area contributed by atoms with E-state index in [-0.39, 0.29) is 97.2 Å². The molecule has 2 aliphatic carbocycles. The molecule has 3 N–H and O–H groups in total. The Balaban J connectivity index is 0.000000219. The smallest absolute Gasteiger partial charge is 0.416 e. The standard InChI is InChI=1S/C34H26F7NO3.C27H20F6O4/c35-27-8-7-23(30(42)17-27)15-31(43)21-3-1-19(2-4-21)18-45-28-9-10-29-22(14-28)5-6-24(32(29)44)11-20-12-25(33(36,37)38)16-26(13-20)34(39,40)41;28-26(29,30)20-10-16(11-21(13-20)27(31,32)33)9-19-6-5-18-12-22(7-8-23(18)24(19)34)37-14-15-1-3-17(4-2-15)25(35)36/h1-4,7-10,12-14,16-17,24H,5-6,11,15,18,42H2;1-4,7-8,10-13,19H,5-6,9,14H2,(H,35,36). The van der Waals surface area contributed by atoms with Crippen LogP contribution in [0.4, 0.5) is 62.8 Å². The van der Waals surface area contributed by atoms with E-state index in [1.807, 2.05) is 0 Å². The first-order valence-corrected chi connectivity index (χ1v) is 25.1. The molecule has 8 nitrogen and oxygen atoms in total. The number of aromatic carboxylic acids is 1. The van der Waals surface area contributed by atoms with Gasteiger partial charge in [-0.25, -0.2) is 9.18 Å². The molecule has 0 radical (unpaired) electrons. The number of halogens is 13. The summed E-state index contributed by atoms with van der Waals surface area (Å²) in [6, 6.07) is 29.2. The number of carbonyl (C=O) groups excluding carboxylic acids is 3.